The second-order valence-corrected chi connectivity index (χ2v) is 5.90. The van der Waals surface area contributed by atoms with Gasteiger partial charge in [0.1, 0.15) is 5.75 Å². The minimum atomic E-state index is -0.0180. The van der Waals surface area contributed by atoms with E-state index in [4.69, 9.17) is 16.3 Å². The van der Waals surface area contributed by atoms with E-state index in [2.05, 4.69) is 19.9 Å². The van der Waals surface area contributed by atoms with Gasteiger partial charge in [0.15, 0.2) is 12.4 Å². The normalized spacial score (nSPS) is 10.7. The Kier molecular flexibility index (Phi) is 5.40. The first kappa shape index (κ1) is 15.6. The highest BCUT2D eigenvalue weighted by atomic mass is 35.5. The highest BCUT2D eigenvalue weighted by Gasteiger charge is 2.08. The predicted molar refractivity (Wildman–Crippen MR) is 86.3 cm³/mol. The molecule has 2 aromatic rings. The highest BCUT2D eigenvalue weighted by molar-refractivity contribution is 6.30. The van der Waals surface area contributed by atoms with Gasteiger partial charge in [-0.25, -0.2) is 0 Å². The van der Waals surface area contributed by atoms with Gasteiger partial charge in [0.05, 0.1) is 0 Å². The third kappa shape index (κ3) is 4.91. The Labute approximate surface area is 130 Å². The monoisotopic (exact) mass is 302 g/mol. The van der Waals surface area contributed by atoms with Gasteiger partial charge in [-0.2, -0.15) is 0 Å². The minimum absolute atomic E-state index is 0.0180. The summed E-state index contributed by atoms with van der Waals surface area (Å²) in [6.45, 7) is 4.36. The van der Waals surface area contributed by atoms with E-state index in [1.165, 1.54) is 5.56 Å². The average Bonchev–Trinajstić information content (AvgIpc) is 2.46. The quantitative estimate of drug-likeness (QED) is 0.716. The molecule has 0 aliphatic rings. The maximum Gasteiger partial charge on any atom is 0.200 e. The van der Waals surface area contributed by atoms with Crippen LogP contribution < -0.4 is 4.74 Å². The number of ketones is 1. The summed E-state index contributed by atoms with van der Waals surface area (Å²) in [6.07, 6.45) is 0.971. The summed E-state index contributed by atoms with van der Waals surface area (Å²) in [5.41, 5.74) is 1.88. The zero-order valence-corrected chi connectivity index (χ0v) is 13.1. The van der Waals surface area contributed by atoms with Crippen LogP contribution in [-0.4, -0.2) is 12.4 Å². The molecule has 0 fully saturated rings. The van der Waals surface area contributed by atoms with Gasteiger partial charge >= 0.3 is 0 Å². The highest BCUT2D eigenvalue weighted by Crippen LogP contribution is 2.16. The van der Waals surface area contributed by atoms with Crippen LogP contribution in [0.5, 0.6) is 5.75 Å². The summed E-state index contributed by atoms with van der Waals surface area (Å²) in [4.78, 5) is 12.2. The Hall–Kier alpha value is -1.80. The van der Waals surface area contributed by atoms with Crippen LogP contribution in [0, 0.1) is 5.92 Å². The zero-order valence-electron chi connectivity index (χ0n) is 12.3. The van der Waals surface area contributed by atoms with Crippen LogP contribution in [0.25, 0.3) is 0 Å². The van der Waals surface area contributed by atoms with E-state index in [0.29, 0.717) is 22.3 Å². The lowest BCUT2D eigenvalue weighted by Gasteiger charge is -2.08. The lowest BCUT2D eigenvalue weighted by molar-refractivity contribution is 0.0921. The molecule has 0 aliphatic carbocycles. The molecule has 0 spiro atoms. The van der Waals surface area contributed by atoms with E-state index in [1.807, 2.05) is 18.2 Å². The number of hydrogen-bond donors (Lipinski definition) is 0. The second kappa shape index (κ2) is 7.28. The molecule has 0 aromatic heterocycles. The summed E-state index contributed by atoms with van der Waals surface area (Å²) in [5.74, 6) is 1.20. The van der Waals surface area contributed by atoms with Crippen molar-refractivity contribution in [3.63, 3.8) is 0 Å². The first-order valence-electron chi connectivity index (χ1n) is 7.05. The van der Waals surface area contributed by atoms with Gasteiger partial charge < -0.3 is 4.74 Å². The number of rotatable bonds is 6. The standard InChI is InChI=1S/C18H19ClO2/c1-13(2)10-14-4-3-5-15(11-14)18(20)12-21-17-8-6-16(19)7-9-17/h3-9,11,13H,10,12H2,1-2H3. The summed E-state index contributed by atoms with van der Waals surface area (Å²) in [6, 6.07) is 14.7. The largest absolute Gasteiger partial charge is 0.485 e. The molecule has 3 heteroatoms. The molecule has 0 bridgehead atoms. The number of Topliss-reactive ketones (excluding diaryl/α,β-unsaturated/α-hetero) is 1. The molecule has 0 heterocycles. The molecule has 0 radical (unpaired) electrons. The van der Waals surface area contributed by atoms with Crippen molar-refractivity contribution in [3.8, 4) is 5.75 Å². The van der Waals surface area contributed by atoms with E-state index in [1.54, 1.807) is 24.3 Å². The van der Waals surface area contributed by atoms with Crippen molar-refractivity contribution >= 4 is 17.4 Å². The Morgan fingerprint density at radius 1 is 1.14 bits per heavy atom. The van der Waals surface area contributed by atoms with E-state index in [9.17, 15) is 4.79 Å². The first-order valence-corrected chi connectivity index (χ1v) is 7.43. The molecular formula is C18H19ClO2. The van der Waals surface area contributed by atoms with Gasteiger partial charge in [0.25, 0.3) is 0 Å². The maximum absolute atomic E-state index is 12.2. The average molecular weight is 303 g/mol. The molecule has 0 atom stereocenters. The van der Waals surface area contributed by atoms with E-state index in [-0.39, 0.29) is 12.4 Å². The molecule has 0 amide bonds. The molecule has 2 nitrogen and oxygen atoms in total. The Morgan fingerprint density at radius 2 is 1.86 bits per heavy atom. The van der Waals surface area contributed by atoms with Crippen molar-refractivity contribution in [2.75, 3.05) is 6.61 Å². The molecule has 0 N–H and O–H groups in total. The third-order valence-corrected chi connectivity index (χ3v) is 3.33. The molecule has 0 saturated heterocycles. The number of ether oxygens (including phenoxy) is 1. The maximum atomic E-state index is 12.2. The zero-order chi connectivity index (χ0) is 15.2. The van der Waals surface area contributed by atoms with Gasteiger partial charge in [-0.3, -0.25) is 4.79 Å². The summed E-state index contributed by atoms with van der Waals surface area (Å²) >= 11 is 5.81. The van der Waals surface area contributed by atoms with Crippen LogP contribution in [0.3, 0.4) is 0 Å². The molecule has 2 rings (SSSR count). The van der Waals surface area contributed by atoms with Crippen molar-refractivity contribution in [1.82, 2.24) is 0 Å². The number of halogens is 1. The first-order chi connectivity index (χ1) is 10.0. The van der Waals surface area contributed by atoms with Crippen LogP contribution >= 0.6 is 11.6 Å². The lowest BCUT2D eigenvalue weighted by Crippen LogP contribution is -2.12. The molecule has 0 saturated carbocycles. The van der Waals surface area contributed by atoms with Crippen LogP contribution in [-0.2, 0) is 6.42 Å². The number of hydrogen-bond acceptors (Lipinski definition) is 2. The van der Waals surface area contributed by atoms with Crippen LogP contribution in [0.1, 0.15) is 29.8 Å². The van der Waals surface area contributed by atoms with E-state index in [0.717, 1.165) is 6.42 Å². The summed E-state index contributed by atoms with van der Waals surface area (Å²) in [7, 11) is 0. The molecular weight excluding hydrogens is 284 g/mol. The van der Waals surface area contributed by atoms with E-state index < -0.39 is 0 Å². The Bertz CT molecular complexity index is 603. The number of carbonyl (C=O) groups excluding carboxylic acids is 1. The van der Waals surface area contributed by atoms with Crippen LogP contribution in [0.2, 0.25) is 5.02 Å². The van der Waals surface area contributed by atoms with Crippen LogP contribution in [0.4, 0.5) is 0 Å². The molecule has 0 aliphatic heterocycles. The van der Waals surface area contributed by atoms with Crippen molar-refractivity contribution in [1.29, 1.82) is 0 Å². The second-order valence-electron chi connectivity index (χ2n) is 5.46. The fraction of sp³-hybridized carbons (Fsp3) is 0.278. The molecule has 0 unspecified atom stereocenters. The lowest BCUT2D eigenvalue weighted by atomic mass is 10.00. The molecule has 2 aromatic carbocycles. The van der Waals surface area contributed by atoms with E-state index >= 15 is 0 Å². The topological polar surface area (TPSA) is 26.3 Å². The predicted octanol–water partition coefficient (Wildman–Crippen LogP) is 4.80. The number of carbonyl (C=O) groups is 1. The fourth-order valence-electron chi connectivity index (χ4n) is 2.11. The summed E-state index contributed by atoms with van der Waals surface area (Å²) in [5, 5.41) is 0.648. The van der Waals surface area contributed by atoms with Crippen molar-refractivity contribution < 1.29 is 9.53 Å². The van der Waals surface area contributed by atoms with Gasteiger partial charge in [0.2, 0.25) is 0 Å². The van der Waals surface area contributed by atoms with Gasteiger partial charge in [-0.05, 0) is 48.2 Å². The molecule has 21 heavy (non-hydrogen) atoms. The smallest absolute Gasteiger partial charge is 0.200 e. The fourth-order valence-corrected chi connectivity index (χ4v) is 2.23. The Balaban J connectivity index is 1.98. The van der Waals surface area contributed by atoms with Gasteiger partial charge in [0, 0.05) is 10.6 Å². The van der Waals surface area contributed by atoms with Crippen LogP contribution in [0.15, 0.2) is 48.5 Å². The minimum Gasteiger partial charge on any atom is -0.485 e. The summed E-state index contributed by atoms with van der Waals surface area (Å²) < 4.78 is 5.49. The van der Waals surface area contributed by atoms with Gasteiger partial charge in [-0.1, -0.05) is 43.6 Å². The van der Waals surface area contributed by atoms with Crippen molar-refractivity contribution in [2.24, 2.45) is 5.92 Å². The van der Waals surface area contributed by atoms with Gasteiger partial charge in [-0.15, -0.1) is 0 Å². The number of benzene rings is 2. The molecule has 110 valence electrons. The SMILES string of the molecule is CC(C)Cc1cccc(C(=O)COc2ccc(Cl)cc2)c1. The third-order valence-electron chi connectivity index (χ3n) is 3.08. The van der Waals surface area contributed by atoms with Crippen molar-refractivity contribution in [2.45, 2.75) is 20.3 Å². The Morgan fingerprint density at radius 3 is 2.52 bits per heavy atom. The van der Waals surface area contributed by atoms with Crippen molar-refractivity contribution in [3.05, 3.63) is 64.7 Å².